The third kappa shape index (κ3) is 4.15. The number of rotatable bonds is 3. The number of oxime groups is 1. The van der Waals surface area contributed by atoms with Crippen LogP contribution in [-0.2, 0) is 9.63 Å². The molecule has 0 saturated heterocycles. The highest BCUT2D eigenvalue weighted by atomic mass is 16.7. The van der Waals surface area contributed by atoms with Crippen LogP contribution in [0.25, 0.3) is 0 Å². The molecule has 1 aliphatic carbocycles. The molecule has 0 N–H and O–H groups in total. The minimum Gasteiger partial charge on any atom is -0.497 e. The fourth-order valence-corrected chi connectivity index (χ4v) is 4.59. The Bertz CT molecular complexity index is 1110. The van der Waals surface area contributed by atoms with Crippen molar-refractivity contribution >= 4 is 11.5 Å². The molecule has 0 radical (unpaired) electrons. The summed E-state index contributed by atoms with van der Waals surface area (Å²) in [6, 6.07) is 18.2. The lowest BCUT2D eigenvalue weighted by Crippen LogP contribution is -2.41. The molecular weight excluding hydrogens is 410 g/mol. The number of carbonyl (C=O) groups excluding carboxylic acids is 1. The Morgan fingerprint density at radius 1 is 0.848 bits per heavy atom. The maximum atomic E-state index is 13.6. The van der Waals surface area contributed by atoms with E-state index in [9.17, 15) is 4.79 Å². The Morgan fingerprint density at radius 3 is 1.88 bits per heavy atom. The minimum atomic E-state index is -0.879. The molecule has 1 aliphatic heterocycles. The Hall–Kier alpha value is -3.14. The number of carbonyl (C=O) groups is 1. The number of ether oxygens (including phenoxy) is 1. The van der Waals surface area contributed by atoms with E-state index in [-0.39, 0.29) is 22.5 Å². The van der Waals surface area contributed by atoms with Gasteiger partial charge in [-0.1, -0.05) is 77.0 Å². The number of benzene rings is 2. The topological polar surface area (TPSA) is 47.9 Å². The Labute approximate surface area is 197 Å². The monoisotopic (exact) mass is 443 g/mol. The summed E-state index contributed by atoms with van der Waals surface area (Å²) in [5, 5.41) is 4.63. The fraction of sp³-hybridized carbons (Fsp3) is 0.379. The molecule has 1 heterocycles. The molecule has 2 aliphatic rings. The van der Waals surface area contributed by atoms with Gasteiger partial charge in [0, 0.05) is 16.7 Å². The summed E-state index contributed by atoms with van der Waals surface area (Å²) in [7, 11) is 1.66. The molecule has 1 atom stereocenters. The maximum Gasteiger partial charge on any atom is 0.187 e. The highest BCUT2D eigenvalue weighted by Crippen LogP contribution is 2.49. The summed E-state index contributed by atoms with van der Waals surface area (Å²) in [5.41, 5.74) is 2.89. The van der Waals surface area contributed by atoms with Crippen molar-refractivity contribution < 1.29 is 14.4 Å². The molecule has 0 bridgehead atoms. The summed E-state index contributed by atoms with van der Waals surface area (Å²) in [5.74, 6) is 0.682. The van der Waals surface area contributed by atoms with Crippen LogP contribution in [-0.4, -0.2) is 24.2 Å². The smallest absolute Gasteiger partial charge is 0.187 e. The quantitative estimate of drug-likeness (QED) is 0.545. The normalized spacial score (nSPS) is 20.2. The van der Waals surface area contributed by atoms with Crippen molar-refractivity contribution in [3.63, 3.8) is 0 Å². The van der Waals surface area contributed by atoms with E-state index in [1.54, 1.807) is 7.11 Å². The van der Waals surface area contributed by atoms with Gasteiger partial charge in [-0.25, -0.2) is 0 Å². The number of Topliss-reactive ketones (excluding diaryl/α,β-unsaturated/α-hetero) is 1. The lowest BCUT2D eigenvalue weighted by atomic mass is 9.65. The first-order chi connectivity index (χ1) is 15.5. The molecule has 1 unspecified atom stereocenters. The van der Waals surface area contributed by atoms with Crippen molar-refractivity contribution in [3.05, 3.63) is 89.0 Å². The number of hydrogen-bond acceptors (Lipinski definition) is 4. The molecule has 172 valence electrons. The van der Waals surface area contributed by atoms with Crippen LogP contribution in [0.3, 0.4) is 0 Å². The van der Waals surface area contributed by atoms with Crippen molar-refractivity contribution in [1.29, 1.82) is 0 Å². The molecule has 0 fully saturated rings. The van der Waals surface area contributed by atoms with Crippen molar-refractivity contribution in [1.82, 2.24) is 0 Å². The number of hydrogen-bond donors (Lipinski definition) is 0. The van der Waals surface area contributed by atoms with Crippen molar-refractivity contribution in [3.8, 4) is 5.75 Å². The van der Waals surface area contributed by atoms with Crippen LogP contribution in [0.2, 0.25) is 0 Å². The predicted octanol–water partition coefficient (Wildman–Crippen LogP) is 6.48. The summed E-state index contributed by atoms with van der Waals surface area (Å²) >= 11 is 0. The molecule has 0 aromatic heterocycles. The second-order valence-corrected chi connectivity index (χ2v) is 10.9. The zero-order valence-corrected chi connectivity index (χ0v) is 20.6. The lowest BCUT2D eigenvalue weighted by Gasteiger charge is -2.38. The standard InChI is InChI=1S/C29H33NO3/c1-27(2,3)22-17-29(18-23(26(22)31)28(4,5)6)24(19-11-9-8-10-12-19)25(30-33-29)20-13-15-21(32-7)16-14-20/h8-18,24H,1-7H3. The first kappa shape index (κ1) is 23.0. The Kier molecular flexibility index (Phi) is 5.60. The second-order valence-electron chi connectivity index (χ2n) is 10.9. The van der Waals surface area contributed by atoms with Crippen LogP contribution in [0.15, 0.2) is 83.1 Å². The zero-order chi connectivity index (χ0) is 24.0. The molecule has 4 heteroatoms. The van der Waals surface area contributed by atoms with Crippen LogP contribution in [0.4, 0.5) is 0 Å². The SMILES string of the molecule is COc1ccc(C2=NOC3(C=C(C(C)(C)C)C(=O)C(C(C)(C)C)=C3)C2c2ccccc2)cc1. The molecular formula is C29H33NO3. The molecule has 2 aromatic rings. The number of nitrogens with zero attached hydrogens (tertiary/aromatic N) is 1. The molecule has 4 nitrogen and oxygen atoms in total. The van der Waals surface area contributed by atoms with Gasteiger partial charge in [0.15, 0.2) is 11.4 Å². The van der Waals surface area contributed by atoms with E-state index in [4.69, 9.17) is 9.57 Å². The van der Waals surface area contributed by atoms with Gasteiger partial charge >= 0.3 is 0 Å². The lowest BCUT2D eigenvalue weighted by molar-refractivity contribution is -0.114. The van der Waals surface area contributed by atoms with Gasteiger partial charge in [0.25, 0.3) is 0 Å². The fourth-order valence-electron chi connectivity index (χ4n) is 4.59. The first-order valence-electron chi connectivity index (χ1n) is 11.4. The van der Waals surface area contributed by atoms with Gasteiger partial charge in [0.2, 0.25) is 0 Å². The van der Waals surface area contributed by atoms with Gasteiger partial charge in [0.05, 0.1) is 18.7 Å². The third-order valence-electron chi connectivity index (χ3n) is 6.39. The van der Waals surface area contributed by atoms with E-state index in [0.717, 1.165) is 33.7 Å². The van der Waals surface area contributed by atoms with Crippen LogP contribution >= 0.6 is 0 Å². The summed E-state index contributed by atoms with van der Waals surface area (Å²) < 4.78 is 5.34. The molecule has 33 heavy (non-hydrogen) atoms. The number of methoxy groups -OCH3 is 1. The van der Waals surface area contributed by atoms with Crippen molar-refractivity contribution in [2.45, 2.75) is 53.1 Å². The Morgan fingerprint density at radius 2 is 1.39 bits per heavy atom. The van der Waals surface area contributed by atoms with Crippen molar-refractivity contribution in [2.75, 3.05) is 7.11 Å². The molecule has 0 saturated carbocycles. The van der Waals surface area contributed by atoms with Gasteiger partial charge < -0.3 is 9.57 Å². The van der Waals surface area contributed by atoms with Gasteiger partial charge in [-0.05, 0) is 52.8 Å². The van der Waals surface area contributed by atoms with E-state index in [1.807, 2.05) is 54.6 Å². The first-order valence-corrected chi connectivity index (χ1v) is 11.4. The number of ketones is 1. The van der Waals surface area contributed by atoms with Gasteiger partial charge in [-0.15, -0.1) is 0 Å². The molecule has 1 spiro atoms. The predicted molar refractivity (Wildman–Crippen MR) is 133 cm³/mol. The van der Waals surface area contributed by atoms with E-state index >= 15 is 0 Å². The minimum absolute atomic E-state index is 0.0916. The zero-order valence-electron chi connectivity index (χ0n) is 20.6. The molecule has 2 aromatic carbocycles. The highest BCUT2D eigenvalue weighted by molar-refractivity contribution is 6.13. The second kappa shape index (κ2) is 8.02. The summed E-state index contributed by atoms with van der Waals surface area (Å²) in [4.78, 5) is 19.9. The van der Waals surface area contributed by atoms with Gasteiger partial charge in [-0.3, -0.25) is 4.79 Å². The molecule has 4 rings (SSSR count). The highest BCUT2D eigenvalue weighted by Gasteiger charge is 2.52. The van der Waals surface area contributed by atoms with Crippen LogP contribution < -0.4 is 4.74 Å². The number of allylic oxidation sites excluding steroid dienone is 2. The Balaban J connectivity index is 1.94. The van der Waals surface area contributed by atoms with E-state index in [1.165, 1.54) is 0 Å². The van der Waals surface area contributed by atoms with Crippen molar-refractivity contribution in [2.24, 2.45) is 16.0 Å². The van der Waals surface area contributed by atoms with Gasteiger partial charge in [-0.2, -0.15) is 0 Å². The summed E-state index contributed by atoms with van der Waals surface area (Å²) in [6.45, 7) is 12.5. The van der Waals surface area contributed by atoms with E-state index < -0.39 is 5.60 Å². The van der Waals surface area contributed by atoms with Gasteiger partial charge in [0.1, 0.15) is 5.75 Å². The van der Waals surface area contributed by atoms with E-state index in [2.05, 4.69) is 58.8 Å². The largest absolute Gasteiger partial charge is 0.497 e. The average Bonchev–Trinajstić information content (AvgIpc) is 3.13. The summed E-state index contributed by atoms with van der Waals surface area (Å²) in [6.07, 6.45) is 4.03. The van der Waals surface area contributed by atoms with Crippen LogP contribution in [0.5, 0.6) is 5.75 Å². The van der Waals surface area contributed by atoms with Crippen LogP contribution in [0.1, 0.15) is 58.6 Å². The maximum absolute atomic E-state index is 13.6. The molecule has 0 amide bonds. The third-order valence-corrected chi connectivity index (χ3v) is 6.39. The van der Waals surface area contributed by atoms with Crippen LogP contribution in [0, 0.1) is 10.8 Å². The van der Waals surface area contributed by atoms with E-state index in [0.29, 0.717) is 0 Å². The average molecular weight is 444 g/mol.